The maximum absolute atomic E-state index is 17.8. The van der Waals surface area contributed by atoms with Gasteiger partial charge in [0.05, 0.1) is 60.8 Å². The summed E-state index contributed by atoms with van der Waals surface area (Å²) in [5, 5.41) is -0.493. The van der Waals surface area contributed by atoms with Crippen molar-refractivity contribution < 1.29 is 31.3 Å². The maximum Gasteiger partial charge on any atom is 0.228 e. The molecule has 3 aromatic heterocycles. The molecule has 2 unspecified atom stereocenters. The Morgan fingerprint density at radius 3 is 1.20 bits per heavy atom. The second kappa shape index (κ2) is 20.1. The Labute approximate surface area is 476 Å². The summed E-state index contributed by atoms with van der Waals surface area (Å²) in [7, 11) is -13.0. The van der Waals surface area contributed by atoms with Gasteiger partial charge in [-0.05, 0) is 145 Å². The number of halogens is 4. The van der Waals surface area contributed by atoms with Crippen LogP contribution < -0.4 is 48.1 Å². The summed E-state index contributed by atoms with van der Waals surface area (Å²) in [5.74, 6) is -3.21. The number of hydrogen-bond donors (Lipinski definition) is 0. The van der Waals surface area contributed by atoms with Crippen molar-refractivity contribution in [1.82, 2.24) is 29.9 Å². The van der Waals surface area contributed by atoms with E-state index in [2.05, 4.69) is 9.97 Å². The third-order valence-corrected chi connectivity index (χ3v) is 25.2. The average molecular weight is 1160 g/mol. The largest absolute Gasteiger partial charge is 0.308 e. The lowest BCUT2D eigenvalue weighted by Crippen LogP contribution is -2.37. The smallest absolute Gasteiger partial charge is 0.228 e. The Bertz CT molecular complexity index is 4590. The van der Waals surface area contributed by atoms with E-state index >= 15 is 31.3 Å². The van der Waals surface area contributed by atoms with Crippen molar-refractivity contribution in [3.05, 3.63) is 280 Å². The van der Waals surface area contributed by atoms with Gasteiger partial charge in [-0.2, -0.15) is 0 Å². The summed E-state index contributed by atoms with van der Waals surface area (Å²) in [4.78, 5) is 28.2. The predicted molar refractivity (Wildman–Crippen MR) is 320 cm³/mol. The molecule has 0 bridgehead atoms. The zero-order chi connectivity index (χ0) is 57.7. The van der Waals surface area contributed by atoms with Crippen LogP contribution in [0.2, 0.25) is 0 Å². The van der Waals surface area contributed by atoms with Crippen LogP contribution in [0.3, 0.4) is 0 Å². The van der Waals surface area contributed by atoms with Gasteiger partial charge in [0, 0.05) is 35.6 Å². The quantitative estimate of drug-likeness (QED) is 0.0918. The van der Waals surface area contributed by atoms with Crippen molar-refractivity contribution in [1.29, 1.82) is 0 Å². The number of aryl methyl sites for hydroxylation is 5. The highest BCUT2D eigenvalue weighted by atomic mass is 31.2. The van der Waals surface area contributed by atoms with Crippen molar-refractivity contribution >= 4 is 69.6 Å². The Hall–Kier alpha value is -8.59. The van der Waals surface area contributed by atoms with E-state index in [0.29, 0.717) is 45.2 Å². The predicted octanol–water partition coefficient (Wildman–Crippen LogP) is 11.0. The molecule has 2 atom stereocenters. The van der Waals surface area contributed by atoms with Crippen LogP contribution in [-0.2, 0) is 25.5 Å². The highest BCUT2D eigenvalue weighted by Crippen LogP contribution is 2.64. The van der Waals surface area contributed by atoms with Gasteiger partial charge in [-0.15, -0.1) is 0 Å². The maximum atomic E-state index is 17.8. The van der Waals surface area contributed by atoms with E-state index in [1.165, 1.54) is 72.9 Å². The number of benzene rings is 8. The number of aromatic nitrogens is 6. The van der Waals surface area contributed by atoms with E-state index in [1.54, 1.807) is 95.5 Å². The molecule has 0 saturated carbocycles. The summed E-state index contributed by atoms with van der Waals surface area (Å²) < 4.78 is 116. The molecule has 13 rings (SSSR count). The molecule has 3 heterocycles. The molecule has 83 heavy (non-hydrogen) atoms. The SMILES string of the molecule is Cc1cnc(C)c(P(=O)(c2nc(C)cnc2C)c2nc(C)cnc2Cc2ccc(P(=O)(c3ccc4c(c3)C3(c5ccccc5-c5ccc(P(=O)(c6ccccc6F)c6ccccc6F)cc53)c3ccccc3-4)c3ccccc3F)c(F)c2)n1. The first kappa shape index (κ1) is 53.7. The first-order chi connectivity index (χ1) is 40.0. The summed E-state index contributed by atoms with van der Waals surface area (Å²) >= 11 is 0. The van der Waals surface area contributed by atoms with E-state index in [1.807, 2.05) is 60.7 Å². The summed E-state index contributed by atoms with van der Waals surface area (Å²) in [6, 6.07) is 47.6. The first-order valence-corrected chi connectivity index (χ1v) is 31.9. The van der Waals surface area contributed by atoms with Crippen molar-refractivity contribution in [3.8, 4) is 22.3 Å². The molecule has 8 aromatic carbocycles. The van der Waals surface area contributed by atoms with Crippen LogP contribution in [0.5, 0.6) is 0 Å². The minimum atomic E-state index is -4.56. The molecule has 2 aliphatic rings. The van der Waals surface area contributed by atoms with Crippen LogP contribution in [0.15, 0.2) is 195 Å². The number of nitrogens with zero attached hydrogens (tertiary/aromatic N) is 6. The number of fused-ring (bicyclic) bond motifs is 10. The van der Waals surface area contributed by atoms with E-state index in [4.69, 9.17) is 19.9 Å². The number of hydrogen-bond acceptors (Lipinski definition) is 9. The normalized spacial score (nSPS) is 14.9. The van der Waals surface area contributed by atoms with Crippen LogP contribution in [0.25, 0.3) is 22.3 Å². The third kappa shape index (κ3) is 8.14. The molecule has 2 aliphatic carbocycles. The highest BCUT2D eigenvalue weighted by molar-refractivity contribution is 7.86. The van der Waals surface area contributed by atoms with Crippen LogP contribution >= 0.6 is 21.4 Å². The second-order valence-corrected chi connectivity index (χ2v) is 29.0. The molecule has 0 aliphatic heterocycles. The molecule has 0 fully saturated rings. The molecular formula is C67H49F4N6O3P3. The van der Waals surface area contributed by atoms with Gasteiger partial charge < -0.3 is 13.7 Å². The second-order valence-electron chi connectivity index (χ2n) is 21.1. The Morgan fingerprint density at radius 2 is 0.759 bits per heavy atom. The molecule has 0 N–H and O–H groups in total. The van der Waals surface area contributed by atoms with E-state index in [9.17, 15) is 0 Å². The van der Waals surface area contributed by atoms with Gasteiger partial charge in [0.15, 0.2) is 14.3 Å². The standard InChI is InChI=1S/C67H49F4N6O3P3/c1-39-36-72-42(4)64(75-39)83(80,65-43(5)73-37-40(2)76-65)66-59(74-38-41(3)77-66)33-44-26-31-63(58(71)32-44)82(79,62-25-15-12-22-57(62)70)46-28-30-50-48-17-7-9-19-52(48)67(54(50)35-46)51-18-8-6-16-47(51)49-29-27-45(34-53(49)67)81(78,60-23-13-10-20-55(60)68)61-24-14-11-21-56(61)69/h6-32,34-38H,33H2,1-5H3. The summed E-state index contributed by atoms with van der Waals surface area (Å²) in [6.45, 7) is 8.65. The number of rotatable bonds is 11. The van der Waals surface area contributed by atoms with Crippen molar-refractivity contribution in [3.63, 3.8) is 0 Å². The van der Waals surface area contributed by atoms with Crippen LogP contribution in [0.4, 0.5) is 17.6 Å². The van der Waals surface area contributed by atoms with E-state index in [-0.39, 0.29) is 60.2 Å². The molecule has 1 spiro atoms. The lowest BCUT2D eigenvalue weighted by molar-refractivity contribution is 0.584. The fourth-order valence-electron chi connectivity index (χ4n) is 12.4. The van der Waals surface area contributed by atoms with Gasteiger partial charge in [-0.1, -0.05) is 115 Å². The monoisotopic (exact) mass is 1150 g/mol. The van der Waals surface area contributed by atoms with Gasteiger partial charge in [-0.25, -0.2) is 32.5 Å². The first-order valence-electron chi connectivity index (χ1n) is 26.8. The average Bonchev–Trinajstić information content (AvgIpc) is 1.56. The van der Waals surface area contributed by atoms with Crippen molar-refractivity contribution in [2.75, 3.05) is 0 Å². The Balaban J connectivity index is 0.998. The van der Waals surface area contributed by atoms with Crippen LogP contribution in [0.1, 0.15) is 62.0 Å². The molecular weight excluding hydrogens is 1110 g/mol. The molecule has 11 aromatic rings. The van der Waals surface area contributed by atoms with Gasteiger partial charge in [0.25, 0.3) is 0 Å². The highest BCUT2D eigenvalue weighted by Gasteiger charge is 2.53. The lowest BCUT2D eigenvalue weighted by Gasteiger charge is -2.32. The summed E-state index contributed by atoms with van der Waals surface area (Å²) in [5.41, 5.74) is 8.23. The zero-order valence-corrected chi connectivity index (χ0v) is 48.1. The Kier molecular flexibility index (Phi) is 13.0. The lowest BCUT2D eigenvalue weighted by atomic mass is 9.70. The molecule has 408 valence electrons. The fraction of sp³-hybridized carbons (Fsp3) is 0.104. The minimum absolute atomic E-state index is 0.0857. The van der Waals surface area contributed by atoms with E-state index in [0.717, 1.165) is 33.4 Å². The molecule has 16 heteroatoms. The Morgan fingerprint density at radius 1 is 0.373 bits per heavy atom. The summed E-state index contributed by atoms with van der Waals surface area (Å²) in [6.07, 6.45) is 4.61. The zero-order valence-electron chi connectivity index (χ0n) is 45.4. The topological polar surface area (TPSA) is 129 Å². The van der Waals surface area contributed by atoms with Crippen LogP contribution in [0, 0.1) is 57.9 Å². The van der Waals surface area contributed by atoms with Gasteiger partial charge in [0.2, 0.25) is 7.14 Å². The van der Waals surface area contributed by atoms with Gasteiger partial charge in [0.1, 0.15) is 39.6 Å². The van der Waals surface area contributed by atoms with Crippen molar-refractivity contribution in [2.45, 2.75) is 46.5 Å². The molecule has 0 radical (unpaired) electrons. The fourth-order valence-corrected chi connectivity index (χ4v) is 20.9. The molecule has 0 amide bonds. The minimum Gasteiger partial charge on any atom is -0.308 e. The van der Waals surface area contributed by atoms with Gasteiger partial charge in [-0.3, -0.25) is 15.0 Å². The van der Waals surface area contributed by atoms with E-state index < -0.39 is 50.1 Å². The third-order valence-electron chi connectivity index (χ3n) is 16.0. The van der Waals surface area contributed by atoms with Crippen molar-refractivity contribution in [2.24, 2.45) is 0 Å². The molecule has 9 nitrogen and oxygen atoms in total. The molecule has 0 saturated heterocycles. The van der Waals surface area contributed by atoms with Gasteiger partial charge >= 0.3 is 0 Å². The van der Waals surface area contributed by atoms with Crippen LogP contribution in [-0.4, -0.2) is 29.9 Å².